The Hall–Kier alpha value is -3.83. The van der Waals surface area contributed by atoms with Crippen LogP contribution in [0.2, 0.25) is 0 Å². The van der Waals surface area contributed by atoms with E-state index >= 15 is 0 Å². The zero-order valence-electron chi connectivity index (χ0n) is 29.8. The van der Waals surface area contributed by atoms with Crippen LogP contribution in [0, 0.1) is 30.1 Å². The first-order valence-corrected chi connectivity index (χ1v) is 17.2. The van der Waals surface area contributed by atoms with Crippen LogP contribution in [-0.4, -0.2) is 5.60 Å². The van der Waals surface area contributed by atoms with Crippen molar-refractivity contribution in [1.29, 1.82) is 5.26 Å². The normalized spacial score (nSPS) is 13.6. The van der Waals surface area contributed by atoms with Gasteiger partial charge in [0.2, 0.25) is 0 Å². The topological polar surface area (TPSA) is 33.0 Å². The van der Waals surface area contributed by atoms with Crippen molar-refractivity contribution in [2.75, 3.05) is 0 Å². The molecule has 4 aromatic carbocycles. The van der Waals surface area contributed by atoms with Crippen LogP contribution in [0.4, 0.5) is 0 Å². The molecule has 0 aliphatic heterocycles. The van der Waals surface area contributed by atoms with Gasteiger partial charge in [-0.3, -0.25) is 0 Å². The van der Waals surface area contributed by atoms with Gasteiger partial charge in [0.1, 0.15) is 11.4 Å². The van der Waals surface area contributed by atoms with Crippen LogP contribution < -0.4 is 4.74 Å². The molecule has 2 heteroatoms. The second-order valence-corrected chi connectivity index (χ2v) is 15.0. The summed E-state index contributed by atoms with van der Waals surface area (Å²) in [6.45, 7) is 19.9. The van der Waals surface area contributed by atoms with Crippen LogP contribution in [-0.2, 0) is 23.7 Å². The fraction of sp³-hybridized carbons (Fsp3) is 0.432. The number of hydrogen-bond donors (Lipinski definition) is 0. The number of aryl methyl sites for hydroxylation is 3. The molecule has 0 amide bonds. The number of benzene rings is 4. The molecule has 0 spiro atoms. The van der Waals surface area contributed by atoms with Crippen molar-refractivity contribution in [3.8, 4) is 11.8 Å². The third kappa shape index (κ3) is 8.50. The molecule has 242 valence electrons. The molecule has 0 bridgehead atoms. The first-order valence-electron chi connectivity index (χ1n) is 17.2. The SMILES string of the molecule is CCC(C)CCc1ccc(C(C)(C)c2ccc(OC(C)(C)C(C#N)CCc3ccc(C(C)(C)c4ccc(C)cc4)cc3)cc2)cc1. The average Bonchev–Trinajstić information content (AvgIpc) is 3.04. The Morgan fingerprint density at radius 1 is 0.609 bits per heavy atom. The van der Waals surface area contributed by atoms with E-state index in [2.05, 4.69) is 152 Å². The van der Waals surface area contributed by atoms with Crippen molar-refractivity contribution in [2.45, 2.75) is 111 Å². The largest absolute Gasteiger partial charge is 0.487 e. The summed E-state index contributed by atoms with van der Waals surface area (Å²) in [6.07, 6.45) is 5.19. The minimum Gasteiger partial charge on any atom is -0.487 e. The highest BCUT2D eigenvalue weighted by Gasteiger charge is 2.32. The van der Waals surface area contributed by atoms with E-state index in [0.29, 0.717) is 0 Å². The van der Waals surface area contributed by atoms with Crippen molar-refractivity contribution in [1.82, 2.24) is 0 Å². The van der Waals surface area contributed by atoms with Gasteiger partial charge in [-0.05, 0) is 97.9 Å². The van der Waals surface area contributed by atoms with Gasteiger partial charge >= 0.3 is 0 Å². The van der Waals surface area contributed by atoms with E-state index in [0.717, 1.165) is 30.9 Å². The maximum absolute atomic E-state index is 10.2. The molecular formula is C44H55NO. The first-order chi connectivity index (χ1) is 21.8. The molecule has 0 radical (unpaired) electrons. The Morgan fingerprint density at radius 3 is 1.41 bits per heavy atom. The Kier molecular flexibility index (Phi) is 11.2. The van der Waals surface area contributed by atoms with Crippen LogP contribution >= 0.6 is 0 Å². The molecule has 2 atom stereocenters. The van der Waals surface area contributed by atoms with E-state index in [-0.39, 0.29) is 16.7 Å². The summed E-state index contributed by atoms with van der Waals surface area (Å²) >= 11 is 0. The maximum atomic E-state index is 10.2. The highest BCUT2D eigenvalue weighted by molar-refractivity contribution is 5.42. The van der Waals surface area contributed by atoms with Gasteiger partial charge in [-0.15, -0.1) is 0 Å². The predicted octanol–water partition coefficient (Wildman–Crippen LogP) is 11.6. The van der Waals surface area contributed by atoms with Crippen LogP contribution in [0.15, 0.2) is 97.1 Å². The van der Waals surface area contributed by atoms with Gasteiger partial charge in [0, 0.05) is 10.8 Å². The van der Waals surface area contributed by atoms with Crippen LogP contribution in [0.3, 0.4) is 0 Å². The lowest BCUT2D eigenvalue weighted by Gasteiger charge is -2.32. The molecule has 2 unspecified atom stereocenters. The van der Waals surface area contributed by atoms with E-state index in [9.17, 15) is 5.26 Å². The summed E-state index contributed by atoms with van der Waals surface area (Å²) in [6, 6.07) is 37.9. The number of nitrogens with zero attached hydrogens (tertiary/aromatic N) is 1. The van der Waals surface area contributed by atoms with Gasteiger partial charge in [-0.2, -0.15) is 5.26 Å². The lowest BCUT2D eigenvalue weighted by molar-refractivity contribution is 0.0640. The molecule has 4 rings (SSSR count). The van der Waals surface area contributed by atoms with Crippen LogP contribution in [0.5, 0.6) is 5.75 Å². The van der Waals surface area contributed by atoms with Gasteiger partial charge < -0.3 is 4.74 Å². The van der Waals surface area contributed by atoms with Crippen molar-refractivity contribution in [3.05, 3.63) is 136 Å². The van der Waals surface area contributed by atoms with Crippen LogP contribution in [0.25, 0.3) is 0 Å². The molecule has 2 nitrogen and oxygen atoms in total. The Morgan fingerprint density at radius 2 is 1.00 bits per heavy atom. The molecule has 0 fully saturated rings. The molecule has 0 aliphatic carbocycles. The second-order valence-electron chi connectivity index (χ2n) is 15.0. The first kappa shape index (κ1) is 35.0. The lowest BCUT2D eigenvalue weighted by atomic mass is 9.77. The van der Waals surface area contributed by atoms with Crippen molar-refractivity contribution >= 4 is 0 Å². The quantitative estimate of drug-likeness (QED) is 0.142. The summed E-state index contributed by atoms with van der Waals surface area (Å²) < 4.78 is 6.49. The average molecular weight is 614 g/mol. The Bertz CT molecular complexity index is 1570. The van der Waals surface area contributed by atoms with Gasteiger partial charge in [-0.1, -0.05) is 138 Å². The number of ether oxygens (including phenoxy) is 1. The number of hydrogen-bond acceptors (Lipinski definition) is 2. The van der Waals surface area contributed by atoms with E-state index < -0.39 is 5.60 Å². The lowest BCUT2D eigenvalue weighted by Crippen LogP contribution is -2.37. The molecule has 0 heterocycles. The van der Waals surface area contributed by atoms with E-state index in [4.69, 9.17) is 4.74 Å². The summed E-state index contributed by atoms with van der Waals surface area (Å²) in [7, 11) is 0. The summed E-state index contributed by atoms with van der Waals surface area (Å²) in [5.74, 6) is 1.32. The van der Waals surface area contributed by atoms with Crippen molar-refractivity contribution < 1.29 is 4.74 Å². The second kappa shape index (κ2) is 14.7. The molecule has 46 heavy (non-hydrogen) atoms. The molecule has 0 aliphatic rings. The summed E-state index contributed by atoms with van der Waals surface area (Å²) in [4.78, 5) is 0. The third-order valence-corrected chi connectivity index (χ3v) is 10.4. The molecule has 0 saturated carbocycles. The highest BCUT2D eigenvalue weighted by atomic mass is 16.5. The highest BCUT2D eigenvalue weighted by Crippen LogP contribution is 2.35. The molecular weight excluding hydrogens is 558 g/mol. The monoisotopic (exact) mass is 613 g/mol. The fourth-order valence-corrected chi connectivity index (χ4v) is 6.29. The van der Waals surface area contributed by atoms with Gasteiger partial charge in [0.25, 0.3) is 0 Å². The van der Waals surface area contributed by atoms with Crippen molar-refractivity contribution in [2.24, 2.45) is 11.8 Å². The molecule has 0 saturated heterocycles. The fourth-order valence-electron chi connectivity index (χ4n) is 6.29. The van der Waals surface area contributed by atoms with E-state index in [1.165, 1.54) is 51.8 Å². The predicted molar refractivity (Wildman–Crippen MR) is 195 cm³/mol. The van der Waals surface area contributed by atoms with Crippen LogP contribution in [0.1, 0.15) is 114 Å². The minimum atomic E-state index is -0.621. The van der Waals surface area contributed by atoms with Crippen molar-refractivity contribution in [3.63, 3.8) is 0 Å². The van der Waals surface area contributed by atoms with Gasteiger partial charge in [0.05, 0.1) is 12.0 Å². The summed E-state index contributed by atoms with van der Waals surface area (Å²) in [5, 5.41) is 10.2. The molecule has 0 N–H and O–H groups in total. The maximum Gasteiger partial charge on any atom is 0.120 e. The smallest absolute Gasteiger partial charge is 0.120 e. The zero-order valence-corrected chi connectivity index (χ0v) is 29.8. The number of rotatable bonds is 14. The van der Waals surface area contributed by atoms with E-state index in [1.54, 1.807) is 0 Å². The van der Waals surface area contributed by atoms with Gasteiger partial charge in [0.15, 0.2) is 0 Å². The number of nitriles is 1. The third-order valence-electron chi connectivity index (χ3n) is 10.4. The molecule has 4 aromatic rings. The zero-order chi connectivity index (χ0) is 33.5. The molecule has 0 aromatic heterocycles. The standard InChI is InChI=1S/C44H55NO/c1-10-32(2)11-14-34-15-22-38(23-16-34)43(6,7)39-27-29-41(30-28-39)46-44(8,9)40(31-45)26-19-35-17-24-37(25-18-35)42(4,5)36-20-12-33(3)13-21-36/h12-13,15-18,20-25,27-30,32,40H,10-11,14,19,26H2,1-9H3. The minimum absolute atomic E-state index is 0.0700. The van der Waals surface area contributed by atoms with E-state index in [1.807, 2.05) is 13.8 Å². The van der Waals surface area contributed by atoms with Gasteiger partial charge in [-0.25, -0.2) is 0 Å². The summed E-state index contributed by atoms with van der Waals surface area (Å²) in [5.41, 5.74) is 8.29. The Balaban J connectivity index is 1.36. The Labute approximate surface area is 279 Å².